The number of nitrogens with one attached hydrogen (secondary N) is 3. The number of benzene rings is 2. The van der Waals surface area contributed by atoms with E-state index in [0.29, 0.717) is 11.6 Å². The van der Waals surface area contributed by atoms with Crippen LogP contribution in [0, 0.1) is 0 Å². The molecule has 30 heavy (non-hydrogen) atoms. The van der Waals surface area contributed by atoms with Crippen molar-refractivity contribution in [2.45, 2.75) is 19.5 Å². The Labute approximate surface area is 182 Å². The molecule has 0 fully saturated rings. The molecule has 1 heterocycles. The van der Waals surface area contributed by atoms with Gasteiger partial charge in [-0.3, -0.25) is 14.7 Å². The molecule has 0 bridgehead atoms. The summed E-state index contributed by atoms with van der Waals surface area (Å²) in [5.74, 6) is 0.830. The van der Waals surface area contributed by atoms with Gasteiger partial charge in [-0.25, -0.2) is 4.98 Å². The van der Waals surface area contributed by atoms with Crippen molar-refractivity contribution in [3.8, 4) is 17.1 Å². The second kappa shape index (κ2) is 9.60. The van der Waals surface area contributed by atoms with Crippen LogP contribution in [0.2, 0.25) is 10.0 Å². The molecule has 10 heteroatoms. The molecule has 0 spiro atoms. The summed E-state index contributed by atoms with van der Waals surface area (Å²) in [7, 11) is 1.59. The highest BCUT2D eigenvalue weighted by atomic mass is 35.5. The van der Waals surface area contributed by atoms with E-state index in [2.05, 4.69) is 25.8 Å². The smallest absolute Gasteiger partial charge is 0.253 e. The predicted octanol–water partition coefficient (Wildman–Crippen LogP) is 3.22. The van der Waals surface area contributed by atoms with Gasteiger partial charge in [-0.1, -0.05) is 29.3 Å². The number of amides is 2. The fourth-order valence-electron chi connectivity index (χ4n) is 2.59. The number of aromatic amines is 1. The van der Waals surface area contributed by atoms with Gasteiger partial charge in [0.1, 0.15) is 17.6 Å². The largest absolute Gasteiger partial charge is 0.497 e. The highest BCUT2D eigenvalue weighted by molar-refractivity contribution is 6.43. The Morgan fingerprint density at radius 2 is 1.90 bits per heavy atom. The number of hydrogen-bond acceptors (Lipinski definition) is 5. The second-order valence-electron chi connectivity index (χ2n) is 6.35. The number of hydrogen-bond donors (Lipinski definition) is 3. The lowest BCUT2D eigenvalue weighted by atomic mass is 10.2. The van der Waals surface area contributed by atoms with Gasteiger partial charge in [0.25, 0.3) is 5.91 Å². The molecule has 2 amide bonds. The number of nitrogens with zero attached hydrogens (tertiary/aromatic N) is 2. The minimum absolute atomic E-state index is 0.125. The van der Waals surface area contributed by atoms with Crippen molar-refractivity contribution in [3.63, 3.8) is 0 Å². The predicted molar refractivity (Wildman–Crippen MR) is 114 cm³/mol. The van der Waals surface area contributed by atoms with Crippen LogP contribution in [0.1, 0.15) is 23.1 Å². The first-order valence-corrected chi connectivity index (χ1v) is 9.73. The molecule has 1 atom stereocenters. The first-order valence-electron chi connectivity index (χ1n) is 8.97. The summed E-state index contributed by atoms with van der Waals surface area (Å²) in [6, 6.07) is 11.2. The molecule has 0 saturated heterocycles. The zero-order valence-electron chi connectivity index (χ0n) is 16.2. The third-order valence-corrected chi connectivity index (χ3v) is 5.07. The van der Waals surface area contributed by atoms with Crippen LogP contribution in [0.15, 0.2) is 42.5 Å². The lowest BCUT2D eigenvalue weighted by molar-refractivity contribution is -0.122. The molecule has 0 saturated carbocycles. The summed E-state index contributed by atoms with van der Waals surface area (Å²) in [5.41, 5.74) is 1.01. The lowest BCUT2D eigenvalue weighted by Crippen LogP contribution is -2.44. The van der Waals surface area contributed by atoms with Gasteiger partial charge in [0.15, 0.2) is 5.82 Å². The molecule has 1 unspecified atom stereocenters. The van der Waals surface area contributed by atoms with E-state index in [4.69, 9.17) is 27.9 Å². The van der Waals surface area contributed by atoms with Crippen molar-refractivity contribution in [2.75, 3.05) is 7.11 Å². The van der Waals surface area contributed by atoms with Crippen LogP contribution in [0.3, 0.4) is 0 Å². The van der Waals surface area contributed by atoms with E-state index in [1.807, 2.05) is 24.3 Å². The monoisotopic (exact) mass is 447 g/mol. The summed E-state index contributed by atoms with van der Waals surface area (Å²) >= 11 is 12.0. The number of methoxy groups -OCH3 is 1. The fourth-order valence-corrected chi connectivity index (χ4v) is 2.97. The van der Waals surface area contributed by atoms with Gasteiger partial charge in [0, 0.05) is 5.56 Å². The van der Waals surface area contributed by atoms with E-state index >= 15 is 0 Å². The highest BCUT2D eigenvalue weighted by Crippen LogP contribution is 2.25. The molecule has 0 aliphatic rings. The van der Waals surface area contributed by atoms with Crippen molar-refractivity contribution < 1.29 is 14.3 Å². The minimum atomic E-state index is -0.795. The maximum Gasteiger partial charge on any atom is 0.253 e. The fraction of sp³-hybridized carbons (Fsp3) is 0.200. The molecule has 1 aromatic heterocycles. The molecular formula is C20H19Cl2N5O3. The van der Waals surface area contributed by atoms with Crippen molar-refractivity contribution in [2.24, 2.45) is 0 Å². The maximum atomic E-state index is 12.3. The number of ether oxygens (including phenoxy) is 1. The molecule has 0 aliphatic heterocycles. The van der Waals surface area contributed by atoms with Gasteiger partial charge in [-0.2, -0.15) is 5.10 Å². The van der Waals surface area contributed by atoms with Crippen LogP contribution in [0.25, 0.3) is 11.4 Å². The quantitative estimate of drug-likeness (QED) is 0.514. The van der Waals surface area contributed by atoms with Crippen molar-refractivity contribution >= 4 is 35.0 Å². The van der Waals surface area contributed by atoms with E-state index < -0.39 is 11.9 Å². The molecule has 2 aromatic carbocycles. The summed E-state index contributed by atoms with van der Waals surface area (Å²) in [4.78, 5) is 29.0. The van der Waals surface area contributed by atoms with E-state index in [1.165, 1.54) is 6.07 Å². The van der Waals surface area contributed by atoms with Gasteiger partial charge >= 0.3 is 0 Å². The third kappa shape index (κ3) is 5.08. The minimum Gasteiger partial charge on any atom is -0.497 e. The average molecular weight is 448 g/mol. The third-order valence-electron chi connectivity index (χ3n) is 4.25. The van der Waals surface area contributed by atoms with Gasteiger partial charge < -0.3 is 15.4 Å². The molecule has 3 N–H and O–H groups in total. The Hall–Kier alpha value is -3.10. The van der Waals surface area contributed by atoms with Crippen LogP contribution in [0.4, 0.5) is 0 Å². The SMILES string of the molecule is COc1ccc(-c2n[nH]c(CNC(=O)C(C)NC(=O)c3cccc(Cl)c3Cl)n2)cc1. The Bertz CT molecular complexity index is 1050. The Balaban J connectivity index is 1.55. The Morgan fingerprint density at radius 1 is 1.17 bits per heavy atom. The zero-order chi connectivity index (χ0) is 21.7. The summed E-state index contributed by atoms with van der Waals surface area (Å²) in [6.07, 6.45) is 0. The molecular weight excluding hydrogens is 429 g/mol. The highest BCUT2D eigenvalue weighted by Gasteiger charge is 2.19. The number of aromatic nitrogens is 3. The normalized spacial score (nSPS) is 11.6. The molecule has 156 valence electrons. The molecule has 3 aromatic rings. The summed E-state index contributed by atoms with van der Waals surface area (Å²) in [5, 5.41) is 12.6. The summed E-state index contributed by atoms with van der Waals surface area (Å²) < 4.78 is 5.13. The van der Waals surface area contributed by atoms with Crippen molar-refractivity contribution in [1.29, 1.82) is 0 Å². The average Bonchev–Trinajstić information content (AvgIpc) is 3.23. The van der Waals surface area contributed by atoms with Crippen LogP contribution >= 0.6 is 23.2 Å². The number of halogens is 2. The van der Waals surface area contributed by atoms with Crippen molar-refractivity contribution in [1.82, 2.24) is 25.8 Å². The molecule has 0 radical (unpaired) electrons. The first-order chi connectivity index (χ1) is 14.4. The number of rotatable bonds is 7. The summed E-state index contributed by atoms with van der Waals surface area (Å²) in [6.45, 7) is 1.69. The Morgan fingerprint density at radius 3 is 2.60 bits per heavy atom. The van der Waals surface area contributed by atoms with Crippen LogP contribution < -0.4 is 15.4 Å². The number of H-pyrrole nitrogens is 1. The van der Waals surface area contributed by atoms with E-state index in [9.17, 15) is 9.59 Å². The van der Waals surface area contributed by atoms with Crippen LogP contribution in [-0.2, 0) is 11.3 Å². The van der Waals surface area contributed by atoms with Gasteiger partial charge in [0.05, 0.1) is 29.3 Å². The standard InChI is InChI=1S/C20H19Cl2N5O3/c1-11(24-20(29)14-4-3-5-15(21)17(14)22)19(28)23-10-16-25-18(27-26-16)12-6-8-13(30-2)9-7-12/h3-9,11H,10H2,1-2H3,(H,23,28)(H,24,29)(H,25,26,27). The lowest BCUT2D eigenvalue weighted by Gasteiger charge is -2.14. The van der Waals surface area contributed by atoms with E-state index in [-0.39, 0.29) is 28.1 Å². The zero-order valence-corrected chi connectivity index (χ0v) is 17.7. The molecule has 8 nitrogen and oxygen atoms in total. The van der Waals surface area contributed by atoms with E-state index in [0.717, 1.165) is 11.3 Å². The maximum absolute atomic E-state index is 12.3. The van der Waals surface area contributed by atoms with Gasteiger partial charge in [-0.05, 0) is 43.3 Å². The number of carbonyl (C=O) groups excluding carboxylic acids is 2. The van der Waals surface area contributed by atoms with Crippen LogP contribution in [0.5, 0.6) is 5.75 Å². The topological polar surface area (TPSA) is 109 Å². The number of carbonyl (C=O) groups is 2. The molecule has 3 rings (SSSR count). The second-order valence-corrected chi connectivity index (χ2v) is 7.13. The van der Waals surface area contributed by atoms with Crippen LogP contribution in [-0.4, -0.2) is 40.1 Å². The van der Waals surface area contributed by atoms with E-state index in [1.54, 1.807) is 26.2 Å². The first kappa shape index (κ1) is 21.6. The van der Waals surface area contributed by atoms with Crippen molar-refractivity contribution in [3.05, 3.63) is 63.9 Å². The van der Waals surface area contributed by atoms with Gasteiger partial charge in [0.2, 0.25) is 5.91 Å². The van der Waals surface area contributed by atoms with Gasteiger partial charge in [-0.15, -0.1) is 0 Å². The molecule has 0 aliphatic carbocycles. The Kier molecular flexibility index (Phi) is 6.91.